The van der Waals surface area contributed by atoms with E-state index in [2.05, 4.69) is 10.1 Å². The Morgan fingerprint density at radius 1 is 1.47 bits per heavy atom. The van der Waals surface area contributed by atoms with Crippen LogP contribution < -0.4 is 5.32 Å². The van der Waals surface area contributed by atoms with Crippen molar-refractivity contribution in [1.29, 1.82) is 0 Å². The first kappa shape index (κ1) is 12.7. The molecule has 0 saturated carbocycles. The van der Waals surface area contributed by atoms with Crippen LogP contribution >= 0.6 is 0 Å². The summed E-state index contributed by atoms with van der Waals surface area (Å²) in [7, 11) is 0. The minimum absolute atomic E-state index is 0.284. The maximum atomic E-state index is 11.7. The summed E-state index contributed by atoms with van der Waals surface area (Å²) in [6, 6.07) is 0.354. The lowest BCUT2D eigenvalue weighted by molar-refractivity contribution is -0.325. The van der Waals surface area contributed by atoms with Crippen molar-refractivity contribution in [1.82, 2.24) is 10.2 Å². The molecule has 0 aromatic rings. The maximum Gasteiger partial charge on any atom is 0.522 e. The quantitative estimate of drug-likeness (QED) is 0.762. The number of nitrogens with zero attached hydrogens (tertiary/aromatic N) is 1. The van der Waals surface area contributed by atoms with Crippen molar-refractivity contribution < 1.29 is 17.9 Å². The number of halogens is 3. The van der Waals surface area contributed by atoms with Gasteiger partial charge in [-0.25, -0.2) is 0 Å². The predicted octanol–water partition coefficient (Wildman–Crippen LogP) is 1.21. The minimum atomic E-state index is -4.51. The van der Waals surface area contributed by atoms with E-state index >= 15 is 0 Å². The molecule has 0 aliphatic carbocycles. The van der Waals surface area contributed by atoms with Crippen LogP contribution in [-0.4, -0.2) is 50.1 Å². The van der Waals surface area contributed by atoms with Crippen molar-refractivity contribution in [3.8, 4) is 0 Å². The number of nitrogens with one attached hydrogen (secondary N) is 1. The highest BCUT2D eigenvalue weighted by atomic mass is 19.4. The highest BCUT2D eigenvalue weighted by Crippen LogP contribution is 2.16. The van der Waals surface area contributed by atoms with E-state index in [1.54, 1.807) is 0 Å². The molecular weight excluding hydrogens is 209 g/mol. The molecule has 0 amide bonds. The van der Waals surface area contributed by atoms with Crippen LogP contribution in [0.2, 0.25) is 0 Å². The Labute approximate surface area is 87.6 Å². The summed E-state index contributed by atoms with van der Waals surface area (Å²) < 4.78 is 39.0. The molecule has 1 aliphatic rings. The molecule has 90 valence electrons. The fourth-order valence-corrected chi connectivity index (χ4v) is 1.83. The molecule has 15 heavy (non-hydrogen) atoms. The maximum absolute atomic E-state index is 11.7. The van der Waals surface area contributed by atoms with Gasteiger partial charge in [0.25, 0.3) is 0 Å². The van der Waals surface area contributed by atoms with Gasteiger partial charge in [0.2, 0.25) is 0 Å². The van der Waals surface area contributed by atoms with Crippen molar-refractivity contribution in [3.05, 3.63) is 0 Å². The van der Waals surface area contributed by atoms with Crippen LogP contribution in [0.5, 0.6) is 0 Å². The van der Waals surface area contributed by atoms with Gasteiger partial charge < -0.3 is 5.32 Å². The second-order valence-electron chi connectivity index (χ2n) is 3.57. The van der Waals surface area contributed by atoms with E-state index in [1.807, 2.05) is 11.8 Å². The number of hydrogen-bond acceptors (Lipinski definition) is 3. The molecule has 0 spiro atoms. The second kappa shape index (κ2) is 5.67. The molecule has 1 fully saturated rings. The van der Waals surface area contributed by atoms with Gasteiger partial charge in [-0.05, 0) is 19.5 Å². The van der Waals surface area contributed by atoms with Gasteiger partial charge in [-0.3, -0.25) is 9.64 Å². The third-order valence-electron chi connectivity index (χ3n) is 2.60. The number of rotatable bonds is 5. The van der Waals surface area contributed by atoms with Crippen molar-refractivity contribution in [2.45, 2.75) is 25.7 Å². The fourth-order valence-electron chi connectivity index (χ4n) is 1.83. The topological polar surface area (TPSA) is 24.5 Å². The average Bonchev–Trinajstić information content (AvgIpc) is 2.63. The molecule has 1 unspecified atom stereocenters. The van der Waals surface area contributed by atoms with Gasteiger partial charge in [0.15, 0.2) is 0 Å². The molecular formula is C9H17F3N2O. The third kappa shape index (κ3) is 4.81. The summed E-state index contributed by atoms with van der Waals surface area (Å²) in [4.78, 5) is 2.02. The Balaban J connectivity index is 2.21. The van der Waals surface area contributed by atoms with Gasteiger partial charge in [-0.1, -0.05) is 6.92 Å². The van der Waals surface area contributed by atoms with E-state index < -0.39 is 6.36 Å². The molecule has 0 aromatic carbocycles. The molecule has 1 rings (SSSR count). The second-order valence-corrected chi connectivity index (χ2v) is 3.57. The Kier molecular flexibility index (Phi) is 4.82. The van der Waals surface area contributed by atoms with E-state index in [0.29, 0.717) is 12.6 Å². The van der Waals surface area contributed by atoms with Crippen LogP contribution in [0.4, 0.5) is 13.2 Å². The lowest BCUT2D eigenvalue weighted by atomic mass is 10.2. The minimum Gasteiger partial charge on any atom is -0.315 e. The van der Waals surface area contributed by atoms with Crippen molar-refractivity contribution in [3.63, 3.8) is 0 Å². The van der Waals surface area contributed by atoms with Gasteiger partial charge in [-0.2, -0.15) is 0 Å². The summed E-state index contributed by atoms with van der Waals surface area (Å²) in [6.45, 7) is 4.57. The van der Waals surface area contributed by atoms with E-state index in [-0.39, 0.29) is 6.61 Å². The van der Waals surface area contributed by atoms with Gasteiger partial charge in [0, 0.05) is 19.1 Å². The number of likely N-dealkylation sites (N-methyl/N-ethyl adjacent to an activating group) is 1. The van der Waals surface area contributed by atoms with Crippen LogP contribution in [0.15, 0.2) is 0 Å². The molecule has 0 aromatic heterocycles. The predicted molar refractivity (Wildman–Crippen MR) is 50.5 cm³/mol. The first-order valence-electron chi connectivity index (χ1n) is 5.18. The van der Waals surface area contributed by atoms with Crippen LogP contribution in [-0.2, 0) is 4.74 Å². The van der Waals surface area contributed by atoms with E-state index in [0.717, 1.165) is 26.1 Å². The number of alkyl halides is 3. The summed E-state index contributed by atoms with van der Waals surface area (Å²) in [5.74, 6) is 0. The highest BCUT2D eigenvalue weighted by molar-refractivity contribution is 4.79. The zero-order chi connectivity index (χ0) is 11.3. The summed E-state index contributed by atoms with van der Waals surface area (Å²) >= 11 is 0. The van der Waals surface area contributed by atoms with Gasteiger partial charge >= 0.3 is 6.36 Å². The van der Waals surface area contributed by atoms with E-state index in [1.165, 1.54) is 0 Å². The Morgan fingerprint density at radius 3 is 2.67 bits per heavy atom. The van der Waals surface area contributed by atoms with Crippen molar-refractivity contribution in [2.75, 3.05) is 32.8 Å². The first-order chi connectivity index (χ1) is 7.03. The van der Waals surface area contributed by atoms with Gasteiger partial charge in [0.05, 0.1) is 6.61 Å². The molecule has 1 saturated heterocycles. The normalized spacial score (nSPS) is 22.6. The zero-order valence-corrected chi connectivity index (χ0v) is 8.81. The largest absolute Gasteiger partial charge is 0.522 e. The van der Waals surface area contributed by atoms with Crippen LogP contribution in [0.1, 0.15) is 13.3 Å². The summed E-state index contributed by atoms with van der Waals surface area (Å²) in [6.07, 6.45) is -3.51. The SMILES string of the molecule is CCN(CCOC(F)(F)F)C1CCNC1. The molecule has 0 bridgehead atoms. The average molecular weight is 226 g/mol. The van der Waals surface area contributed by atoms with Crippen LogP contribution in [0.25, 0.3) is 0 Å². The Hall–Kier alpha value is -0.330. The summed E-state index contributed by atoms with van der Waals surface area (Å²) in [5.41, 5.74) is 0. The number of hydrogen-bond donors (Lipinski definition) is 1. The molecule has 6 heteroatoms. The van der Waals surface area contributed by atoms with E-state index in [4.69, 9.17) is 0 Å². The smallest absolute Gasteiger partial charge is 0.315 e. The Bertz CT molecular complexity index is 181. The summed E-state index contributed by atoms with van der Waals surface area (Å²) in [5, 5.41) is 3.19. The monoisotopic (exact) mass is 226 g/mol. The molecule has 1 atom stereocenters. The van der Waals surface area contributed by atoms with Gasteiger partial charge in [-0.15, -0.1) is 13.2 Å². The van der Waals surface area contributed by atoms with Crippen molar-refractivity contribution >= 4 is 0 Å². The zero-order valence-electron chi connectivity index (χ0n) is 8.81. The molecule has 3 nitrogen and oxygen atoms in total. The van der Waals surface area contributed by atoms with Gasteiger partial charge in [0.1, 0.15) is 0 Å². The van der Waals surface area contributed by atoms with Crippen LogP contribution in [0, 0.1) is 0 Å². The molecule has 1 aliphatic heterocycles. The lowest BCUT2D eigenvalue weighted by Crippen LogP contribution is -2.39. The highest BCUT2D eigenvalue weighted by Gasteiger charge is 2.29. The third-order valence-corrected chi connectivity index (χ3v) is 2.60. The number of ether oxygens (including phenoxy) is 1. The molecule has 1 heterocycles. The fraction of sp³-hybridized carbons (Fsp3) is 1.00. The van der Waals surface area contributed by atoms with Crippen molar-refractivity contribution in [2.24, 2.45) is 0 Å². The first-order valence-corrected chi connectivity index (χ1v) is 5.18. The standard InChI is InChI=1S/C9H17F3N2O/c1-2-14(8-3-4-13-7-8)5-6-15-9(10,11)12/h8,13H,2-7H2,1H3. The molecule has 0 radical (unpaired) electrons. The van der Waals surface area contributed by atoms with E-state index in [9.17, 15) is 13.2 Å². The molecule has 1 N–H and O–H groups in total. The van der Waals surface area contributed by atoms with Crippen LogP contribution in [0.3, 0.4) is 0 Å². The Morgan fingerprint density at radius 2 is 2.20 bits per heavy atom. The lowest BCUT2D eigenvalue weighted by Gasteiger charge is -2.26.